The molecule has 0 aliphatic carbocycles. The molecule has 0 saturated heterocycles. The number of carbonyl (C=O) groups is 1. The van der Waals surface area contributed by atoms with E-state index in [9.17, 15) is 4.79 Å². The Balaban J connectivity index is 1.85. The number of nitrogens with zero attached hydrogens (tertiary/aromatic N) is 2. The highest BCUT2D eigenvalue weighted by Crippen LogP contribution is 2.24. The van der Waals surface area contributed by atoms with E-state index in [4.69, 9.17) is 23.2 Å². The van der Waals surface area contributed by atoms with E-state index < -0.39 is 0 Å². The van der Waals surface area contributed by atoms with Gasteiger partial charge in [0.1, 0.15) is 0 Å². The van der Waals surface area contributed by atoms with Crippen LogP contribution in [0.2, 0.25) is 10.0 Å². The molecule has 1 N–H and O–H groups in total. The van der Waals surface area contributed by atoms with Gasteiger partial charge in [0.2, 0.25) is 5.95 Å². The van der Waals surface area contributed by atoms with Crippen molar-refractivity contribution < 1.29 is 4.79 Å². The van der Waals surface area contributed by atoms with Crippen LogP contribution in [0.15, 0.2) is 48.7 Å². The van der Waals surface area contributed by atoms with Gasteiger partial charge in [-0.05, 0) is 25.1 Å². The van der Waals surface area contributed by atoms with Crippen molar-refractivity contribution in [2.45, 2.75) is 6.92 Å². The first-order valence-electron chi connectivity index (χ1n) is 7.31. The molecule has 1 heterocycles. The summed E-state index contributed by atoms with van der Waals surface area (Å²) in [5.41, 5.74) is 3.30. The lowest BCUT2D eigenvalue weighted by Gasteiger charge is -2.06. The number of aryl methyl sites for hydroxylation is 2. The molecular weight excluding hydrogens is 345 g/mol. The van der Waals surface area contributed by atoms with E-state index in [-0.39, 0.29) is 5.91 Å². The molecule has 3 aromatic rings. The molecule has 6 heteroatoms. The van der Waals surface area contributed by atoms with E-state index in [0.29, 0.717) is 21.6 Å². The first-order chi connectivity index (χ1) is 11.4. The van der Waals surface area contributed by atoms with Crippen molar-refractivity contribution in [3.8, 4) is 11.3 Å². The van der Waals surface area contributed by atoms with Gasteiger partial charge in [-0.2, -0.15) is 0 Å². The molecule has 0 unspecified atom stereocenters. The first-order valence-corrected chi connectivity index (χ1v) is 8.06. The van der Waals surface area contributed by atoms with Crippen LogP contribution in [0.25, 0.3) is 11.3 Å². The summed E-state index contributed by atoms with van der Waals surface area (Å²) in [7, 11) is 1.82. The van der Waals surface area contributed by atoms with Gasteiger partial charge in [0.15, 0.2) is 0 Å². The Kier molecular flexibility index (Phi) is 4.60. The zero-order chi connectivity index (χ0) is 17.3. The van der Waals surface area contributed by atoms with Crippen molar-refractivity contribution in [1.29, 1.82) is 0 Å². The lowest BCUT2D eigenvalue weighted by molar-refractivity contribution is 0.102. The molecule has 3 rings (SSSR count). The van der Waals surface area contributed by atoms with E-state index in [1.165, 1.54) is 11.6 Å². The summed E-state index contributed by atoms with van der Waals surface area (Å²) >= 11 is 11.9. The lowest BCUT2D eigenvalue weighted by Crippen LogP contribution is -2.15. The van der Waals surface area contributed by atoms with Gasteiger partial charge >= 0.3 is 0 Å². The SMILES string of the molecule is Cc1ccc(-c2cn(C)c(NC(=O)c3ccc(Cl)cc3Cl)n2)cc1. The highest BCUT2D eigenvalue weighted by Gasteiger charge is 2.14. The highest BCUT2D eigenvalue weighted by molar-refractivity contribution is 6.37. The van der Waals surface area contributed by atoms with Gasteiger partial charge in [0.05, 0.1) is 16.3 Å². The molecular formula is C18H15Cl2N3O. The Bertz CT molecular complexity index is 901. The Hall–Kier alpha value is -2.30. The van der Waals surface area contributed by atoms with Crippen LogP contribution >= 0.6 is 23.2 Å². The number of rotatable bonds is 3. The maximum atomic E-state index is 12.4. The lowest BCUT2D eigenvalue weighted by atomic mass is 10.1. The molecule has 0 aliphatic rings. The molecule has 0 aliphatic heterocycles. The van der Waals surface area contributed by atoms with Gasteiger partial charge in [-0.3, -0.25) is 10.1 Å². The largest absolute Gasteiger partial charge is 0.320 e. The zero-order valence-electron chi connectivity index (χ0n) is 13.2. The second-order valence-electron chi connectivity index (χ2n) is 5.50. The van der Waals surface area contributed by atoms with Crippen molar-refractivity contribution in [1.82, 2.24) is 9.55 Å². The van der Waals surface area contributed by atoms with Crippen LogP contribution in [0.3, 0.4) is 0 Å². The maximum absolute atomic E-state index is 12.4. The number of carbonyl (C=O) groups excluding carboxylic acids is 1. The van der Waals surface area contributed by atoms with Gasteiger partial charge in [-0.15, -0.1) is 0 Å². The van der Waals surface area contributed by atoms with E-state index in [2.05, 4.69) is 10.3 Å². The van der Waals surface area contributed by atoms with Gasteiger partial charge in [-0.1, -0.05) is 53.0 Å². The molecule has 0 fully saturated rings. The van der Waals surface area contributed by atoms with Crippen LogP contribution in [0, 0.1) is 6.92 Å². The Labute approximate surface area is 150 Å². The van der Waals surface area contributed by atoms with E-state index in [1.807, 2.05) is 44.4 Å². The number of benzene rings is 2. The maximum Gasteiger partial charge on any atom is 0.259 e. The standard InChI is InChI=1S/C18H15Cl2N3O/c1-11-3-5-12(6-4-11)16-10-23(2)18(21-16)22-17(24)14-8-7-13(19)9-15(14)20/h3-10H,1-2H3,(H,21,22,24). The minimum absolute atomic E-state index is 0.299. The zero-order valence-corrected chi connectivity index (χ0v) is 14.7. The molecule has 0 radical (unpaired) electrons. The van der Waals surface area contributed by atoms with Crippen LogP contribution in [-0.4, -0.2) is 15.5 Å². The molecule has 0 spiro atoms. The number of aromatic nitrogens is 2. The monoisotopic (exact) mass is 359 g/mol. The predicted octanol–water partition coefficient (Wildman–Crippen LogP) is 4.95. The number of hydrogen-bond donors (Lipinski definition) is 1. The molecule has 0 saturated carbocycles. The summed E-state index contributed by atoms with van der Waals surface area (Å²) in [6.07, 6.45) is 1.86. The summed E-state index contributed by atoms with van der Waals surface area (Å²) in [4.78, 5) is 16.9. The number of hydrogen-bond acceptors (Lipinski definition) is 2. The molecule has 2 aromatic carbocycles. The van der Waals surface area contributed by atoms with Crippen LogP contribution in [0.5, 0.6) is 0 Å². The number of imidazole rings is 1. The molecule has 122 valence electrons. The van der Waals surface area contributed by atoms with E-state index >= 15 is 0 Å². The van der Waals surface area contributed by atoms with Crippen LogP contribution < -0.4 is 5.32 Å². The van der Waals surface area contributed by atoms with Gasteiger partial charge in [0.25, 0.3) is 5.91 Å². The van der Waals surface area contributed by atoms with Crippen molar-refractivity contribution in [3.05, 3.63) is 69.8 Å². The van der Waals surface area contributed by atoms with E-state index in [1.54, 1.807) is 16.7 Å². The van der Waals surface area contributed by atoms with Crippen LogP contribution in [-0.2, 0) is 7.05 Å². The smallest absolute Gasteiger partial charge is 0.259 e. The Morgan fingerprint density at radius 2 is 1.83 bits per heavy atom. The molecule has 24 heavy (non-hydrogen) atoms. The summed E-state index contributed by atoms with van der Waals surface area (Å²) in [6, 6.07) is 12.8. The molecule has 0 atom stereocenters. The average molecular weight is 360 g/mol. The fourth-order valence-electron chi connectivity index (χ4n) is 2.29. The number of halogens is 2. The topological polar surface area (TPSA) is 46.9 Å². The minimum atomic E-state index is -0.333. The fourth-order valence-corrected chi connectivity index (χ4v) is 2.78. The molecule has 1 aromatic heterocycles. The van der Waals surface area contributed by atoms with Crippen molar-refractivity contribution in [2.24, 2.45) is 7.05 Å². The number of amides is 1. The third kappa shape index (κ3) is 3.45. The van der Waals surface area contributed by atoms with Gasteiger partial charge in [0, 0.05) is 23.8 Å². The number of anilines is 1. The van der Waals surface area contributed by atoms with Crippen molar-refractivity contribution in [3.63, 3.8) is 0 Å². The van der Waals surface area contributed by atoms with Crippen molar-refractivity contribution >= 4 is 35.1 Å². The van der Waals surface area contributed by atoms with Crippen LogP contribution in [0.4, 0.5) is 5.95 Å². The molecule has 0 bridgehead atoms. The average Bonchev–Trinajstić information content (AvgIpc) is 2.88. The van der Waals surface area contributed by atoms with E-state index in [0.717, 1.165) is 11.3 Å². The van der Waals surface area contributed by atoms with Gasteiger partial charge < -0.3 is 4.57 Å². The van der Waals surface area contributed by atoms with Crippen LogP contribution in [0.1, 0.15) is 15.9 Å². The first kappa shape index (κ1) is 16.6. The highest BCUT2D eigenvalue weighted by atomic mass is 35.5. The quantitative estimate of drug-likeness (QED) is 0.718. The summed E-state index contributed by atoms with van der Waals surface area (Å²) < 4.78 is 1.76. The van der Waals surface area contributed by atoms with Crippen molar-refractivity contribution in [2.75, 3.05) is 5.32 Å². The predicted molar refractivity (Wildman–Crippen MR) is 97.8 cm³/mol. The molecule has 4 nitrogen and oxygen atoms in total. The van der Waals surface area contributed by atoms with Gasteiger partial charge in [-0.25, -0.2) is 4.98 Å². The Morgan fingerprint density at radius 1 is 1.12 bits per heavy atom. The normalized spacial score (nSPS) is 10.7. The minimum Gasteiger partial charge on any atom is -0.320 e. The Morgan fingerprint density at radius 3 is 2.50 bits per heavy atom. The third-order valence-corrected chi connectivity index (χ3v) is 4.17. The summed E-state index contributed by atoms with van der Waals surface area (Å²) in [6.45, 7) is 2.03. The fraction of sp³-hybridized carbons (Fsp3) is 0.111. The number of nitrogens with one attached hydrogen (secondary N) is 1. The summed E-state index contributed by atoms with van der Waals surface area (Å²) in [5.74, 6) is 0.113. The third-order valence-electron chi connectivity index (χ3n) is 3.62. The second-order valence-corrected chi connectivity index (χ2v) is 6.35. The second kappa shape index (κ2) is 6.67. The summed E-state index contributed by atoms with van der Waals surface area (Å²) in [5, 5.41) is 3.55. The molecule has 1 amide bonds.